The first-order chi connectivity index (χ1) is 15.4. The molecule has 0 aromatic rings. The molecule has 0 aliphatic carbocycles. The number of aliphatic hydroxyl groups is 1. The van der Waals surface area contributed by atoms with Gasteiger partial charge in [0.05, 0.1) is 6.17 Å². The summed E-state index contributed by atoms with van der Waals surface area (Å²) in [5.41, 5.74) is 10.0. The van der Waals surface area contributed by atoms with Crippen molar-refractivity contribution in [2.75, 3.05) is 26.2 Å². The Labute approximate surface area is 197 Å². The summed E-state index contributed by atoms with van der Waals surface area (Å²) in [6.07, 6.45) is 21.8. The molecule has 0 amide bonds. The van der Waals surface area contributed by atoms with Gasteiger partial charge in [0, 0.05) is 19.6 Å². The number of aliphatic imine (C=N–C) groups is 1. The number of nitrogens with two attached hydrogens (primary N) is 2. The maximum atomic E-state index is 11.3. The van der Waals surface area contributed by atoms with Crippen molar-refractivity contribution in [3.63, 3.8) is 0 Å². The second-order valence-electron chi connectivity index (χ2n) is 10.4. The van der Waals surface area contributed by atoms with E-state index in [0.717, 1.165) is 70.6 Å². The standard InChI is InChI=1S/C26H51N5O/c1-23(2)15-10-7-5-3-4-6-8-11-17-26(32)18-16-24-30(21-14-22-31(24)26)20-13-9-12-19-29-25(27)28/h16,18,23-24,32H,3-15,17,19-22H2,1-2H3,(H4,27,28,29). The molecular formula is C26H51N5O. The number of nitrogens with zero attached hydrogens (tertiary/aromatic N) is 3. The van der Waals surface area contributed by atoms with E-state index in [4.69, 9.17) is 11.5 Å². The van der Waals surface area contributed by atoms with Gasteiger partial charge in [0.15, 0.2) is 5.96 Å². The van der Waals surface area contributed by atoms with Crippen LogP contribution >= 0.6 is 0 Å². The maximum absolute atomic E-state index is 11.3. The van der Waals surface area contributed by atoms with E-state index in [0.29, 0.717) is 0 Å². The van der Waals surface area contributed by atoms with Crippen LogP contribution in [0.15, 0.2) is 17.1 Å². The average molecular weight is 450 g/mol. The van der Waals surface area contributed by atoms with Crippen molar-refractivity contribution in [1.82, 2.24) is 9.80 Å². The normalized spacial score (nSPS) is 23.7. The van der Waals surface area contributed by atoms with Crippen molar-refractivity contribution in [2.45, 2.75) is 116 Å². The number of hydrogen-bond acceptors (Lipinski definition) is 4. The number of guanidine groups is 1. The molecule has 0 saturated carbocycles. The van der Waals surface area contributed by atoms with E-state index in [-0.39, 0.29) is 12.1 Å². The second-order valence-corrected chi connectivity index (χ2v) is 10.4. The van der Waals surface area contributed by atoms with Crippen LogP contribution in [-0.2, 0) is 0 Å². The summed E-state index contributed by atoms with van der Waals surface area (Å²) in [6, 6.07) is 0. The van der Waals surface area contributed by atoms with Crippen molar-refractivity contribution in [3.8, 4) is 0 Å². The van der Waals surface area contributed by atoms with E-state index in [1.165, 1.54) is 51.4 Å². The molecule has 6 nitrogen and oxygen atoms in total. The third-order valence-electron chi connectivity index (χ3n) is 7.04. The van der Waals surface area contributed by atoms with Crippen LogP contribution in [0.25, 0.3) is 0 Å². The average Bonchev–Trinajstić information content (AvgIpc) is 3.09. The molecule has 1 saturated heterocycles. The number of unbranched alkanes of at least 4 members (excludes halogenated alkanes) is 9. The second kappa shape index (κ2) is 14.9. The minimum absolute atomic E-state index is 0.184. The fraction of sp³-hybridized carbons (Fsp3) is 0.885. The first-order valence-corrected chi connectivity index (χ1v) is 13.4. The van der Waals surface area contributed by atoms with Crippen LogP contribution in [0.1, 0.15) is 104 Å². The molecule has 186 valence electrons. The van der Waals surface area contributed by atoms with Crippen molar-refractivity contribution in [3.05, 3.63) is 12.2 Å². The van der Waals surface area contributed by atoms with Gasteiger partial charge in [0.2, 0.25) is 0 Å². The fourth-order valence-electron chi connectivity index (χ4n) is 5.17. The van der Waals surface area contributed by atoms with Gasteiger partial charge < -0.3 is 16.6 Å². The summed E-state index contributed by atoms with van der Waals surface area (Å²) in [5.74, 6) is 1.03. The van der Waals surface area contributed by atoms with Gasteiger partial charge in [-0.25, -0.2) is 0 Å². The Morgan fingerprint density at radius 2 is 1.62 bits per heavy atom. The number of hydrogen-bond donors (Lipinski definition) is 3. The van der Waals surface area contributed by atoms with Gasteiger partial charge in [-0.1, -0.05) is 77.7 Å². The lowest BCUT2D eigenvalue weighted by molar-refractivity contribution is -0.122. The van der Waals surface area contributed by atoms with E-state index in [1.807, 2.05) is 0 Å². The summed E-state index contributed by atoms with van der Waals surface area (Å²) < 4.78 is 0. The van der Waals surface area contributed by atoms with E-state index < -0.39 is 5.72 Å². The van der Waals surface area contributed by atoms with Crippen molar-refractivity contribution in [2.24, 2.45) is 22.4 Å². The van der Waals surface area contributed by atoms with Gasteiger partial charge in [-0.2, -0.15) is 0 Å². The summed E-state index contributed by atoms with van der Waals surface area (Å²) >= 11 is 0. The Hall–Kier alpha value is -1.11. The van der Waals surface area contributed by atoms with Gasteiger partial charge in [0.1, 0.15) is 5.72 Å². The van der Waals surface area contributed by atoms with Gasteiger partial charge in [-0.15, -0.1) is 0 Å². The predicted octanol–water partition coefficient (Wildman–Crippen LogP) is 4.58. The Balaban J connectivity index is 1.58. The molecule has 2 aliphatic heterocycles. The lowest BCUT2D eigenvalue weighted by Crippen LogP contribution is -2.58. The smallest absolute Gasteiger partial charge is 0.185 e. The van der Waals surface area contributed by atoms with Crippen LogP contribution < -0.4 is 11.5 Å². The number of fused-ring (bicyclic) bond motifs is 1. The molecule has 2 aliphatic rings. The van der Waals surface area contributed by atoms with E-state index in [1.54, 1.807) is 0 Å². The highest BCUT2D eigenvalue weighted by Crippen LogP contribution is 2.34. The molecule has 2 unspecified atom stereocenters. The van der Waals surface area contributed by atoms with Gasteiger partial charge in [-0.05, 0) is 50.6 Å². The summed E-state index contributed by atoms with van der Waals surface area (Å²) in [7, 11) is 0. The summed E-state index contributed by atoms with van der Waals surface area (Å²) in [5, 5.41) is 11.3. The molecule has 1 fully saturated rings. The van der Waals surface area contributed by atoms with Crippen molar-refractivity contribution in [1.29, 1.82) is 0 Å². The Morgan fingerprint density at radius 3 is 2.31 bits per heavy atom. The van der Waals surface area contributed by atoms with Crippen LogP contribution in [0.3, 0.4) is 0 Å². The molecule has 2 heterocycles. The molecule has 0 aromatic carbocycles. The first-order valence-electron chi connectivity index (χ1n) is 13.4. The Kier molecular flexibility index (Phi) is 12.7. The zero-order chi connectivity index (χ0) is 23.2. The van der Waals surface area contributed by atoms with Crippen LogP contribution in [0, 0.1) is 5.92 Å². The fourth-order valence-corrected chi connectivity index (χ4v) is 5.17. The lowest BCUT2D eigenvalue weighted by atomic mass is 10.0. The minimum Gasteiger partial charge on any atom is -0.372 e. The third kappa shape index (κ3) is 9.80. The predicted molar refractivity (Wildman–Crippen MR) is 136 cm³/mol. The zero-order valence-corrected chi connectivity index (χ0v) is 21.0. The van der Waals surface area contributed by atoms with Gasteiger partial charge >= 0.3 is 0 Å². The SMILES string of the molecule is CC(C)CCCCCCCCCCC1(O)C=CC2N(CCCCCN=C(N)N)CCCN21. The molecule has 2 rings (SSSR count). The quantitative estimate of drug-likeness (QED) is 0.131. The highest BCUT2D eigenvalue weighted by atomic mass is 16.3. The molecule has 0 aromatic heterocycles. The molecule has 0 radical (unpaired) electrons. The maximum Gasteiger partial charge on any atom is 0.185 e. The molecular weight excluding hydrogens is 398 g/mol. The highest BCUT2D eigenvalue weighted by molar-refractivity contribution is 5.75. The minimum atomic E-state index is -0.743. The van der Waals surface area contributed by atoms with E-state index in [9.17, 15) is 5.11 Å². The van der Waals surface area contributed by atoms with Crippen LogP contribution in [0.2, 0.25) is 0 Å². The molecule has 2 atom stereocenters. The number of rotatable bonds is 17. The summed E-state index contributed by atoms with van der Waals surface area (Å²) in [6.45, 7) is 8.53. The zero-order valence-electron chi connectivity index (χ0n) is 21.0. The highest BCUT2D eigenvalue weighted by Gasteiger charge is 2.43. The van der Waals surface area contributed by atoms with Crippen molar-refractivity contribution >= 4 is 5.96 Å². The van der Waals surface area contributed by atoms with Gasteiger partial charge in [-0.3, -0.25) is 14.8 Å². The monoisotopic (exact) mass is 449 g/mol. The molecule has 32 heavy (non-hydrogen) atoms. The molecule has 0 bridgehead atoms. The Morgan fingerprint density at radius 1 is 0.969 bits per heavy atom. The molecule has 0 spiro atoms. The largest absolute Gasteiger partial charge is 0.372 e. The van der Waals surface area contributed by atoms with Crippen LogP contribution in [0.5, 0.6) is 0 Å². The van der Waals surface area contributed by atoms with Gasteiger partial charge in [0.25, 0.3) is 0 Å². The van der Waals surface area contributed by atoms with E-state index >= 15 is 0 Å². The lowest BCUT2D eigenvalue weighted by Gasteiger charge is -2.45. The molecule has 6 heteroatoms. The summed E-state index contributed by atoms with van der Waals surface area (Å²) in [4.78, 5) is 8.91. The van der Waals surface area contributed by atoms with Crippen LogP contribution in [0.4, 0.5) is 0 Å². The third-order valence-corrected chi connectivity index (χ3v) is 7.04. The van der Waals surface area contributed by atoms with Crippen LogP contribution in [-0.4, -0.2) is 58.9 Å². The first kappa shape index (κ1) is 27.1. The van der Waals surface area contributed by atoms with Crippen molar-refractivity contribution < 1.29 is 5.11 Å². The molecule has 5 N–H and O–H groups in total. The van der Waals surface area contributed by atoms with E-state index in [2.05, 4.69) is 40.8 Å². The topological polar surface area (TPSA) is 91.1 Å². The Bertz CT molecular complexity index is 560.